The van der Waals surface area contributed by atoms with E-state index in [-0.39, 0.29) is 0 Å². The summed E-state index contributed by atoms with van der Waals surface area (Å²) in [6.45, 7) is 6.43. The number of aliphatic hydroxyl groups is 1. The van der Waals surface area contributed by atoms with Gasteiger partial charge in [-0.2, -0.15) is 10.4 Å². The van der Waals surface area contributed by atoms with Gasteiger partial charge in [-0.05, 0) is 62.4 Å². The van der Waals surface area contributed by atoms with Gasteiger partial charge in [-0.15, -0.1) is 0 Å². The van der Waals surface area contributed by atoms with E-state index >= 15 is 0 Å². The van der Waals surface area contributed by atoms with Crippen molar-refractivity contribution in [1.82, 2.24) is 24.5 Å². The van der Waals surface area contributed by atoms with Gasteiger partial charge in [0.15, 0.2) is 0 Å². The van der Waals surface area contributed by atoms with Crippen LogP contribution in [-0.2, 0) is 13.0 Å². The molecule has 3 aliphatic heterocycles. The predicted octanol–water partition coefficient (Wildman–Crippen LogP) is 3.84. The monoisotopic (exact) mass is 523 g/mol. The number of piperidine rings is 1. The Morgan fingerprint density at radius 2 is 1.90 bits per heavy atom. The summed E-state index contributed by atoms with van der Waals surface area (Å²) < 4.78 is 6.95. The number of methoxy groups -OCH3 is 1. The van der Waals surface area contributed by atoms with Gasteiger partial charge in [0.05, 0.1) is 30.0 Å². The molecule has 7 rings (SSSR count). The lowest BCUT2D eigenvalue weighted by molar-refractivity contribution is -0.00876. The molecule has 0 amide bonds. The predicted molar refractivity (Wildman–Crippen MR) is 148 cm³/mol. The summed E-state index contributed by atoms with van der Waals surface area (Å²) in [6.07, 6.45) is 9.91. The molecule has 9 nitrogen and oxygen atoms in total. The molecule has 9 heteroatoms. The summed E-state index contributed by atoms with van der Waals surface area (Å²) in [4.78, 5) is 14.1. The van der Waals surface area contributed by atoms with Crippen LogP contribution in [0, 0.1) is 11.3 Å². The molecule has 0 radical (unpaired) electrons. The number of hydrogen-bond acceptors (Lipinski definition) is 8. The van der Waals surface area contributed by atoms with E-state index < -0.39 is 5.60 Å². The van der Waals surface area contributed by atoms with Crippen LogP contribution < -0.4 is 9.64 Å². The fourth-order valence-electron chi connectivity index (χ4n) is 5.77. The number of anilines is 1. The van der Waals surface area contributed by atoms with Crippen molar-refractivity contribution >= 4 is 11.3 Å². The highest BCUT2D eigenvalue weighted by Gasteiger charge is 2.44. The molecule has 4 aromatic heterocycles. The van der Waals surface area contributed by atoms with Crippen molar-refractivity contribution in [2.75, 3.05) is 25.1 Å². The van der Waals surface area contributed by atoms with Crippen LogP contribution >= 0.6 is 0 Å². The average molecular weight is 524 g/mol. The molecule has 3 aliphatic rings. The number of ether oxygens (including phenoxy) is 1. The number of rotatable bonds is 8. The highest BCUT2D eigenvalue weighted by molar-refractivity contribution is 5.84. The molecule has 2 atom stereocenters. The SMILES string of the molecule is COc1ccc(CN2C3CC2CN(c2ccc(-c4cc(CCC(C)(C)O)cn5ncc(C#N)c45)cn2)C3)cn1. The van der Waals surface area contributed by atoms with E-state index in [4.69, 9.17) is 9.72 Å². The first kappa shape index (κ1) is 25.3. The van der Waals surface area contributed by atoms with Gasteiger partial charge < -0.3 is 14.7 Å². The Bertz CT molecular complexity index is 1500. The lowest BCUT2D eigenvalue weighted by Gasteiger charge is -2.56. The van der Waals surface area contributed by atoms with Crippen molar-refractivity contribution in [1.29, 1.82) is 5.26 Å². The van der Waals surface area contributed by atoms with Gasteiger partial charge in [-0.3, -0.25) is 4.90 Å². The quantitative estimate of drug-likeness (QED) is 0.372. The Morgan fingerprint density at radius 1 is 1.08 bits per heavy atom. The summed E-state index contributed by atoms with van der Waals surface area (Å²) in [6, 6.07) is 13.6. The normalized spacial score (nSPS) is 19.1. The third-order valence-corrected chi connectivity index (χ3v) is 7.91. The maximum absolute atomic E-state index is 10.2. The molecule has 39 heavy (non-hydrogen) atoms. The van der Waals surface area contributed by atoms with Crippen LogP contribution in [0.25, 0.3) is 16.6 Å². The number of nitrogens with zero attached hydrogens (tertiary/aromatic N) is 7. The topological polar surface area (TPSA) is 103 Å². The molecule has 7 heterocycles. The second-order valence-corrected chi connectivity index (χ2v) is 11.3. The smallest absolute Gasteiger partial charge is 0.212 e. The number of fused-ring (bicyclic) bond motifs is 3. The van der Waals surface area contributed by atoms with E-state index in [0.717, 1.165) is 47.7 Å². The van der Waals surface area contributed by atoms with Crippen LogP contribution in [0.15, 0.2) is 55.1 Å². The Morgan fingerprint density at radius 3 is 2.54 bits per heavy atom. The first-order chi connectivity index (χ1) is 18.8. The molecule has 2 unspecified atom stereocenters. The molecule has 200 valence electrons. The highest BCUT2D eigenvalue weighted by Crippen LogP contribution is 2.36. The fraction of sp³-hybridized carbons (Fsp3) is 0.400. The van der Waals surface area contributed by atoms with E-state index in [1.165, 1.54) is 12.0 Å². The van der Waals surface area contributed by atoms with Gasteiger partial charge in [-0.1, -0.05) is 6.07 Å². The first-order valence-electron chi connectivity index (χ1n) is 13.4. The minimum atomic E-state index is -0.753. The van der Waals surface area contributed by atoms with Crippen LogP contribution in [0.4, 0.5) is 5.82 Å². The van der Waals surface area contributed by atoms with E-state index in [2.05, 4.69) is 50.2 Å². The molecule has 1 N–H and O–H groups in total. The molecular weight excluding hydrogens is 490 g/mol. The van der Waals surface area contributed by atoms with Gasteiger partial charge in [0.25, 0.3) is 0 Å². The number of hydrogen-bond donors (Lipinski definition) is 1. The summed E-state index contributed by atoms with van der Waals surface area (Å²) in [5, 5.41) is 24.3. The zero-order valence-electron chi connectivity index (χ0n) is 22.6. The summed E-state index contributed by atoms with van der Waals surface area (Å²) in [7, 11) is 1.63. The molecule has 2 bridgehead atoms. The number of aromatic nitrogens is 4. The fourth-order valence-corrected chi connectivity index (χ4v) is 5.77. The van der Waals surface area contributed by atoms with Crippen molar-refractivity contribution in [3.8, 4) is 23.1 Å². The summed E-state index contributed by atoms with van der Waals surface area (Å²) in [5.74, 6) is 1.62. The molecule has 0 aliphatic carbocycles. The first-order valence-corrected chi connectivity index (χ1v) is 13.4. The average Bonchev–Trinajstić information content (AvgIpc) is 3.37. The van der Waals surface area contributed by atoms with Gasteiger partial charge in [-0.25, -0.2) is 14.5 Å². The second kappa shape index (κ2) is 9.95. The van der Waals surface area contributed by atoms with Crippen molar-refractivity contribution in [3.63, 3.8) is 0 Å². The van der Waals surface area contributed by atoms with Crippen LogP contribution in [0.3, 0.4) is 0 Å². The molecule has 4 aromatic rings. The maximum atomic E-state index is 10.2. The molecule has 0 spiro atoms. The zero-order valence-corrected chi connectivity index (χ0v) is 22.6. The Labute approximate surface area is 228 Å². The lowest BCUT2D eigenvalue weighted by atomic mass is 9.87. The lowest BCUT2D eigenvalue weighted by Crippen LogP contribution is -2.68. The molecule has 0 saturated carbocycles. The van der Waals surface area contributed by atoms with Crippen LogP contribution in [-0.4, -0.2) is 67.5 Å². The maximum Gasteiger partial charge on any atom is 0.212 e. The van der Waals surface area contributed by atoms with Crippen molar-refractivity contribution in [2.24, 2.45) is 0 Å². The number of nitriles is 1. The van der Waals surface area contributed by atoms with Crippen molar-refractivity contribution in [2.45, 2.75) is 57.3 Å². The largest absolute Gasteiger partial charge is 0.481 e. The van der Waals surface area contributed by atoms with Crippen LogP contribution in [0.5, 0.6) is 5.88 Å². The number of aryl methyl sites for hydroxylation is 1. The third kappa shape index (κ3) is 5.05. The van der Waals surface area contributed by atoms with Crippen molar-refractivity contribution in [3.05, 3.63) is 71.8 Å². The summed E-state index contributed by atoms with van der Waals surface area (Å²) >= 11 is 0. The second-order valence-electron chi connectivity index (χ2n) is 11.3. The minimum absolute atomic E-state index is 0.504. The number of piperazine rings is 1. The van der Waals surface area contributed by atoms with Gasteiger partial charge in [0, 0.05) is 67.5 Å². The van der Waals surface area contributed by atoms with E-state index in [1.807, 2.05) is 38.5 Å². The van der Waals surface area contributed by atoms with Gasteiger partial charge in [0.1, 0.15) is 11.9 Å². The van der Waals surface area contributed by atoms with Crippen LogP contribution in [0.2, 0.25) is 0 Å². The van der Waals surface area contributed by atoms with E-state index in [9.17, 15) is 10.4 Å². The van der Waals surface area contributed by atoms with E-state index in [0.29, 0.717) is 36.4 Å². The Hall–Kier alpha value is -4.00. The van der Waals surface area contributed by atoms with E-state index in [1.54, 1.807) is 17.8 Å². The molecule has 3 saturated heterocycles. The molecule has 0 aromatic carbocycles. The summed E-state index contributed by atoms with van der Waals surface area (Å²) in [5.41, 5.74) is 4.69. The molecular formula is C30H33N7O2. The number of pyridine rings is 3. The highest BCUT2D eigenvalue weighted by atomic mass is 16.5. The van der Waals surface area contributed by atoms with Crippen molar-refractivity contribution < 1.29 is 9.84 Å². The van der Waals surface area contributed by atoms with Gasteiger partial charge in [0.2, 0.25) is 5.88 Å². The third-order valence-electron chi connectivity index (χ3n) is 7.91. The van der Waals surface area contributed by atoms with Crippen LogP contribution in [0.1, 0.15) is 43.4 Å². The minimum Gasteiger partial charge on any atom is -0.481 e. The Kier molecular flexibility index (Phi) is 6.45. The standard InChI is InChI=1S/C30H33N7O2/c1-30(2,38)9-8-20-10-26(29-23(12-31)15-34-37(29)17-20)22-5-6-27(32-14-22)35-18-24-11-25(19-35)36(24)16-21-4-7-28(39-3)33-13-21/h4-7,10,13-15,17,24-25,38H,8-9,11,16,18-19H2,1-3H3. The van der Waals surface area contributed by atoms with Gasteiger partial charge >= 0.3 is 0 Å². The zero-order chi connectivity index (χ0) is 27.1. The Balaban J connectivity index is 1.19. The molecule has 3 fully saturated rings.